The Labute approximate surface area is 143 Å². The van der Waals surface area contributed by atoms with Gasteiger partial charge in [0.1, 0.15) is 0 Å². The molecule has 0 saturated heterocycles. The van der Waals surface area contributed by atoms with Gasteiger partial charge in [-0.25, -0.2) is 13.2 Å². The van der Waals surface area contributed by atoms with Crippen LogP contribution >= 0.6 is 0 Å². The average Bonchev–Trinajstić information content (AvgIpc) is 2.88. The Morgan fingerprint density at radius 3 is 2.60 bits per heavy atom. The Bertz CT molecular complexity index is 1130. The minimum atomic E-state index is -3.97. The number of hydrogen-bond acceptors (Lipinski definition) is 5. The predicted octanol–water partition coefficient (Wildman–Crippen LogP) is 1.29. The van der Waals surface area contributed by atoms with E-state index in [1.807, 2.05) is 0 Å². The summed E-state index contributed by atoms with van der Waals surface area (Å²) in [7, 11) is -0.989. The fraction of sp³-hybridized carbons (Fsp3) is 0.125. The van der Waals surface area contributed by atoms with E-state index < -0.39 is 21.7 Å². The number of para-hydroxylation sites is 1. The molecule has 0 fully saturated rings. The minimum absolute atomic E-state index is 0.0824. The van der Waals surface area contributed by atoms with Gasteiger partial charge in [-0.3, -0.25) is 14.1 Å². The summed E-state index contributed by atoms with van der Waals surface area (Å²) in [6, 6.07) is 10.4. The number of rotatable bonds is 4. The molecular weight excluding hydrogens is 346 g/mol. The molecule has 0 aliphatic carbocycles. The summed E-state index contributed by atoms with van der Waals surface area (Å²) in [5.41, 5.74) is 0.988. The van der Waals surface area contributed by atoms with Crippen LogP contribution in [0.25, 0.3) is 11.1 Å². The van der Waals surface area contributed by atoms with Crippen LogP contribution in [0, 0.1) is 0 Å². The van der Waals surface area contributed by atoms with Gasteiger partial charge >= 0.3 is 5.76 Å². The van der Waals surface area contributed by atoms with Gasteiger partial charge in [0.2, 0.25) is 0 Å². The van der Waals surface area contributed by atoms with E-state index in [0.29, 0.717) is 5.52 Å². The predicted molar refractivity (Wildman–Crippen MR) is 92.1 cm³/mol. The molecule has 2 N–H and O–H groups in total. The van der Waals surface area contributed by atoms with Crippen LogP contribution in [0.5, 0.6) is 0 Å². The zero-order valence-corrected chi connectivity index (χ0v) is 14.3. The highest BCUT2D eigenvalue weighted by Crippen LogP contribution is 2.22. The van der Waals surface area contributed by atoms with Gasteiger partial charge in [0, 0.05) is 20.2 Å². The number of hydrogen-bond donors (Lipinski definition) is 2. The number of aromatic nitrogens is 1. The molecule has 0 spiro atoms. The van der Waals surface area contributed by atoms with E-state index >= 15 is 0 Å². The third-order valence-electron chi connectivity index (χ3n) is 3.72. The molecule has 3 rings (SSSR count). The number of sulfonamides is 1. The SMILES string of the molecule is CNC(=O)c1ccccc1NS(=O)(=O)c1ccc2c(c1)oc(=O)n2C. The fourth-order valence-corrected chi connectivity index (χ4v) is 3.48. The molecule has 1 heterocycles. The zero-order chi connectivity index (χ0) is 18.2. The second-order valence-electron chi connectivity index (χ2n) is 5.29. The van der Waals surface area contributed by atoms with Crippen LogP contribution in [0.4, 0.5) is 5.69 Å². The molecule has 1 aromatic heterocycles. The van der Waals surface area contributed by atoms with Crippen molar-refractivity contribution in [3.05, 3.63) is 58.6 Å². The quantitative estimate of drug-likeness (QED) is 0.728. The van der Waals surface area contributed by atoms with Gasteiger partial charge in [0.15, 0.2) is 5.58 Å². The Hall–Kier alpha value is -3.07. The standard InChI is InChI=1S/C16H15N3O5S/c1-17-15(20)11-5-3-4-6-12(11)18-25(22,23)10-7-8-13-14(9-10)24-16(21)19(13)2/h3-9,18H,1-2H3,(H,17,20). The lowest BCUT2D eigenvalue weighted by Crippen LogP contribution is -2.21. The summed E-state index contributed by atoms with van der Waals surface area (Å²) in [6.07, 6.45) is 0. The maximum Gasteiger partial charge on any atom is 0.419 e. The zero-order valence-electron chi connectivity index (χ0n) is 13.4. The minimum Gasteiger partial charge on any atom is -0.408 e. The summed E-state index contributed by atoms with van der Waals surface area (Å²) >= 11 is 0. The monoisotopic (exact) mass is 361 g/mol. The van der Waals surface area contributed by atoms with Gasteiger partial charge in [0.05, 0.1) is 21.7 Å². The topological polar surface area (TPSA) is 110 Å². The number of amides is 1. The highest BCUT2D eigenvalue weighted by atomic mass is 32.2. The molecule has 3 aromatic rings. The fourth-order valence-electron chi connectivity index (χ4n) is 2.39. The molecule has 25 heavy (non-hydrogen) atoms. The Kier molecular flexibility index (Phi) is 4.09. The van der Waals surface area contributed by atoms with Gasteiger partial charge < -0.3 is 9.73 Å². The molecule has 0 unspecified atom stereocenters. The van der Waals surface area contributed by atoms with Crippen LogP contribution < -0.4 is 15.8 Å². The van der Waals surface area contributed by atoms with Crippen LogP contribution in [0.3, 0.4) is 0 Å². The molecular formula is C16H15N3O5S. The first-order valence-electron chi connectivity index (χ1n) is 7.27. The summed E-state index contributed by atoms with van der Waals surface area (Å²) in [6.45, 7) is 0. The van der Waals surface area contributed by atoms with Crippen molar-refractivity contribution < 1.29 is 17.6 Å². The highest BCUT2D eigenvalue weighted by Gasteiger charge is 2.19. The summed E-state index contributed by atoms with van der Waals surface area (Å²) in [5.74, 6) is -0.995. The van der Waals surface area contributed by atoms with Crippen LogP contribution in [0.1, 0.15) is 10.4 Å². The molecule has 0 aliphatic heterocycles. The van der Waals surface area contributed by atoms with Crippen molar-refractivity contribution >= 4 is 32.7 Å². The van der Waals surface area contributed by atoms with E-state index in [2.05, 4.69) is 10.0 Å². The molecule has 0 aliphatic rings. The number of fused-ring (bicyclic) bond motifs is 1. The van der Waals surface area contributed by atoms with Gasteiger partial charge in [-0.2, -0.15) is 0 Å². The van der Waals surface area contributed by atoms with E-state index in [9.17, 15) is 18.0 Å². The third kappa shape index (κ3) is 3.01. The van der Waals surface area contributed by atoms with E-state index in [-0.39, 0.29) is 21.7 Å². The van der Waals surface area contributed by atoms with Crippen molar-refractivity contribution in [2.45, 2.75) is 4.90 Å². The Morgan fingerprint density at radius 2 is 1.88 bits per heavy atom. The van der Waals surface area contributed by atoms with Crippen molar-refractivity contribution in [2.24, 2.45) is 7.05 Å². The maximum absolute atomic E-state index is 12.6. The van der Waals surface area contributed by atoms with Crippen molar-refractivity contribution in [1.29, 1.82) is 0 Å². The number of nitrogens with zero attached hydrogens (tertiary/aromatic N) is 1. The van der Waals surface area contributed by atoms with Crippen molar-refractivity contribution in [1.82, 2.24) is 9.88 Å². The molecule has 2 aromatic carbocycles. The number of anilines is 1. The van der Waals surface area contributed by atoms with Gasteiger partial charge in [-0.05, 0) is 24.3 Å². The highest BCUT2D eigenvalue weighted by molar-refractivity contribution is 7.92. The third-order valence-corrected chi connectivity index (χ3v) is 5.08. The Morgan fingerprint density at radius 1 is 1.16 bits per heavy atom. The lowest BCUT2D eigenvalue weighted by molar-refractivity contribution is 0.0964. The number of carbonyl (C=O) groups is 1. The second-order valence-corrected chi connectivity index (χ2v) is 6.97. The van der Waals surface area contributed by atoms with E-state index in [4.69, 9.17) is 4.42 Å². The van der Waals surface area contributed by atoms with Crippen molar-refractivity contribution in [2.75, 3.05) is 11.8 Å². The molecule has 1 amide bonds. The normalized spacial score (nSPS) is 11.4. The average molecular weight is 361 g/mol. The van der Waals surface area contributed by atoms with E-state index in [0.717, 1.165) is 0 Å². The molecule has 0 radical (unpaired) electrons. The largest absolute Gasteiger partial charge is 0.419 e. The molecule has 130 valence electrons. The van der Waals surface area contributed by atoms with Crippen LogP contribution in [-0.4, -0.2) is 25.9 Å². The lowest BCUT2D eigenvalue weighted by atomic mass is 10.2. The molecule has 9 heteroatoms. The number of nitrogens with one attached hydrogen (secondary N) is 2. The first kappa shape index (κ1) is 16.8. The van der Waals surface area contributed by atoms with Crippen LogP contribution in [-0.2, 0) is 17.1 Å². The summed E-state index contributed by atoms with van der Waals surface area (Å²) in [5, 5.41) is 2.45. The number of benzene rings is 2. The lowest BCUT2D eigenvalue weighted by Gasteiger charge is -2.11. The van der Waals surface area contributed by atoms with E-state index in [1.54, 1.807) is 12.1 Å². The Balaban J connectivity index is 2.03. The first-order valence-corrected chi connectivity index (χ1v) is 8.75. The summed E-state index contributed by atoms with van der Waals surface area (Å²) in [4.78, 5) is 23.3. The number of oxazole rings is 1. The van der Waals surface area contributed by atoms with Crippen LogP contribution in [0.15, 0.2) is 56.6 Å². The second kappa shape index (κ2) is 6.10. The van der Waals surface area contributed by atoms with Crippen molar-refractivity contribution in [3.8, 4) is 0 Å². The summed E-state index contributed by atoms with van der Waals surface area (Å²) < 4.78 is 33.9. The molecule has 0 saturated carbocycles. The number of carbonyl (C=O) groups excluding carboxylic acids is 1. The molecule has 0 atom stereocenters. The first-order chi connectivity index (χ1) is 11.8. The van der Waals surface area contributed by atoms with Gasteiger partial charge in [-0.15, -0.1) is 0 Å². The van der Waals surface area contributed by atoms with Gasteiger partial charge in [0.25, 0.3) is 15.9 Å². The van der Waals surface area contributed by atoms with E-state index in [1.165, 1.54) is 49.0 Å². The number of aryl methyl sites for hydroxylation is 1. The van der Waals surface area contributed by atoms with Gasteiger partial charge in [-0.1, -0.05) is 12.1 Å². The maximum atomic E-state index is 12.6. The van der Waals surface area contributed by atoms with Crippen molar-refractivity contribution in [3.63, 3.8) is 0 Å². The van der Waals surface area contributed by atoms with Crippen LogP contribution in [0.2, 0.25) is 0 Å². The molecule has 0 bridgehead atoms. The smallest absolute Gasteiger partial charge is 0.408 e. The molecule has 8 nitrogen and oxygen atoms in total.